The fourth-order valence-corrected chi connectivity index (χ4v) is 1.49. The van der Waals surface area contributed by atoms with E-state index >= 15 is 0 Å². The maximum Gasteiger partial charge on any atom is 0.212 e. The van der Waals surface area contributed by atoms with Crippen LogP contribution in [0.2, 0.25) is 0 Å². The number of hydrogen-bond acceptors (Lipinski definition) is 3. The fraction of sp³-hybridized carbons (Fsp3) is 0.0769. The van der Waals surface area contributed by atoms with E-state index in [0.29, 0.717) is 11.4 Å². The van der Waals surface area contributed by atoms with Crippen LogP contribution in [0.15, 0.2) is 36.5 Å². The van der Waals surface area contributed by atoms with Gasteiger partial charge in [0.2, 0.25) is 5.88 Å². The molecular formula is C13H9FN2O. The second-order valence-corrected chi connectivity index (χ2v) is 3.43. The number of nitriles is 1. The predicted octanol–water partition coefficient (Wildman–Crippen LogP) is 2.77. The molecule has 0 aliphatic rings. The number of methoxy groups -OCH3 is 1. The van der Waals surface area contributed by atoms with Crippen molar-refractivity contribution in [3.05, 3.63) is 47.9 Å². The maximum atomic E-state index is 13.2. The molecule has 3 nitrogen and oxygen atoms in total. The summed E-state index contributed by atoms with van der Waals surface area (Å²) >= 11 is 0. The highest BCUT2D eigenvalue weighted by molar-refractivity contribution is 5.64. The minimum Gasteiger partial charge on any atom is -0.481 e. The van der Waals surface area contributed by atoms with Gasteiger partial charge in [0.25, 0.3) is 0 Å². The van der Waals surface area contributed by atoms with Gasteiger partial charge in [-0.3, -0.25) is 0 Å². The second-order valence-electron chi connectivity index (χ2n) is 3.43. The van der Waals surface area contributed by atoms with Gasteiger partial charge in [-0.2, -0.15) is 5.26 Å². The lowest BCUT2D eigenvalue weighted by atomic mass is 10.1. The van der Waals surface area contributed by atoms with Gasteiger partial charge < -0.3 is 4.74 Å². The Morgan fingerprint density at radius 2 is 2.06 bits per heavy atom. The number of nitrogens with zero attached hydrogens (tertiary/aromatic N) is 2. The van der Waals surface area contributed by atoms with Crippen molar-refractivity contribution in [3.8, 4) is 23.1 Å². The SMILES string of the molecule is COc1ccc(-c2cc(F)cc(C#N)c2)cn1. The van der Waals surface area contributed by atoms with E-state index in [4.69, 9.17) is 10.00 Å². The van der Waals surface area contributed by atoms with E-state index in [1.165, 1.54) is 19.2 Å². The highest BCUT2D eigenvalue weighted by Crippen LogP contribution is 2.22. The van der Waals surface area contributed by atoms with Crippen LogP contribution in [0.25, 0.3) is 11.1 Å². The van der Waals surface area contributed by atoms with E-state index in [9.17, 15) is 4.39 Å². The molecule has 0 radical (unpaired) electrons. The standard InChI is InChI=1S/C13H9FN2O/c1-17-13-3-2-10(8-16-13)11-4-9(7-15)5-12(14)6-11/h2-6,8H,1H3. The minimum atomic E-state index is -0.435. The molecule has 2 rings (SSSR count). The van der Waals surface area contributed by atoms with Crippen molar-refractivity contribution in [2.24, 2.45) is 0 Å². The Hall–Kier alpha value is -2.41. The quantitative estimate of drug-likeness (QED) is 0.793. The van der Waals surface area contributed by atoms with Crippen molar-refractivity contribution in [2.45, 2.75) is 0 Å². The fourth-order valence-electron chi connectivity index (χ4n) is 1.49. The van der Waals surface area contributed by atoms with E-state index < -0.39 is 5.82 Å². The number of hydrogen-bond donors (Lipinski definition) is 0. The summed E-state index contributed by atoms with van der Waals surface area (Å²) in [7, 11) is 1.53. The first-order valence-corrected chi connectivity index (χ1v) is 4.94. The Morgan fingerprint density at radius 3 is 2.65 bits per heavy atom. The van der Waals surface area contributed by atoms with E-state index in [0.717, 1.165) is 5.56 Å². The van der Waals surface area contributed by atoms with Gasteiger partial charge in [0.05, 0.1) is 18.7 Å². The van der Waals surface area contributed by atoms with Gasteiger partial charge in [-0.25, -0.2) is 9.37 Å². The Bertz CT molecular complexity index is 573. The molecule has 0 atom stereocenters. The van der Waals surface area contributed by atoms with Crippen molar-refractivity contribution in [2.75, 3.05) is 7.11 Å². The van der Waals surface area contributed by atoms with Crippen LogP contribution in [0, 0.1) is 17.1 Å². The normalized spacial score (nSPS) is 9.71. The monoisotopic (exact) mass is 228 g/mol. The number of aromatic nitrogens is 1. The molecule has 1 aromatic heterocycles. The highest BCUT2D eigenvalue weighted by Gasteiger charge is 2.04. The summed E-state index contributed by atoms with van der Waals surface area (Å²) in [6.45, 7) is 0. The Balaban J connectivity index is 2.45. The van der Waals surface area contributed by atoms with Crippen LogP contribution in [0.3, 0.4) is 0 Å². The van der Waals surface area contributed by atoms with Crippen molar-refractivity contribution in [1.29, 1.82) is 5.26 Å². The van der Waals surface area contributed by atoms with E-state index in [1.807, 2.05) is 6.07 Å². The molecule has 0 aliphatic heterocycles. The summed E-state index contributed by atoms with van der Waals surface area (Å²) in [5.74, 6) is 0.0560. The van der Waals surface area contributed by atoms with E-state index in [2.05, 4.69) is 4.98 Å². The van der Waals surface area contributed by atoms with Crippen LogP contribution in [-0.4, -0.2) is 12.1 Å². The molecule has 0 aliphatic carbocycles. The molecule has 1 aromatic carbocycles. The van der Waals surface area contributed by atoms with Crippen LogP contribution in [0.5, 0.6) is 5.88 Å². The molecule has 0 bridgehead atoms. The van der Waals surface area contributed by atoms with E-state index in [-0.39, 0.29) is 5.56 Å². The van der Waals surface area contributed by atoms with Crippen LogP contribution in [0.4, 0.5) is 4.39 Å². The topological polar surface area (TPSA) is 45.9 Å². The lowest BCUT2D eigenvalue weighted by Gasteiger charge is -2.03. The molecule has 4 heteroatoms. The zero-order valence-corrected chi connectivity index (χ0v) is 9.14. The second kappa shape index (κ2) is 4.62. The molecular weight excluding hydrogens is 219 g/mol. The smallest absolute Gasteiger partial charge is 0.212 e. The third-order valence-electron chi connectivity index (χ3n) is 2.31. The van der Waals surface area contributed by atoms with Gasteiger partial charge in [-0.1, -0.05) is 0 Å². The molecule has 0 saturated carbocycles. The van der Waals surface area contributed by atoms with Crippen molar-refractivity contribution >= 4 is 0 Å². The van der Waals surface area contributed by atoms with Gasteiger partial charge in [0.15, 0.2) is 0 Å². The lowest BCUT2D eigenvalue weighted by Crippen LogP contribution is -1.88. The largest absolute Gasteiger partial charge is 0.481 e. The predicted molar refractivity (Wildman–Crippen MR) is 60.9 cm³/mol. The molecule has 0 unspecified atom stereocenters. The number of ether oxygens (including phenoxy) is 1. The maximum absolute atomic E-state index is 13.2. The molecule has 0 spiro atoms. The van der Waals surface area contributed by atoms with Crippen molar-refractivity contribution in [1.82, 2.24) is 4.98 Å². The summed E-state index contributed by atoms with van der Waals surface area (Å²) < 4.78 is 18.2. The third kappa shape index (κ3) is 2.40. The Labute approximate surface area is 98.1 Å². The Kier molecular flexibility index (Phi) is 3.01. The van der Waals surface area contributed by atoms with Crippen LogP contribution < -0.4 is 4.74 Å². The molecule has 0 N–H and O–H groups in total. The molecule has 84 valence electrons. The van der Waals surface area contributed by atoms with Crippen LogP contribution in [-0.2, 0) is 0 Å². The molecule has 2 aromatic rings. The van der Waals surface area contributed by atoms with Crippen LogP contribution >= 0.6 is 0 Å². The van der Waals surface area contributed by atoms with Crippen molar-refractivity contribution < 1.29 is 9.13 Å². The summed E-state index contributed by atoms with van der Waals surface area (Å²) in [6.07, 6.45) is 1.58. The summed E-state index contributed by atoms with van der Waals surface area (Å²) in [6, 6.07) is 9.55. The van der Waals surface area contributed by atoms with Gasteiger partial charge >= 0.3 is 0 Å². The number of pyridine rings is 1. The highest BCUT2D eigenvalue weighted by atomic mass is 19.1. The summed E-state index contributed by atoms with van der Waals surface area (Å²) in [5.41, 5.74) is 1.65. The summed E-state index contributed by atoms with van der Waals surface area (Å²) in [5, 5.41) is 8.76. The van der Waals surface area contributed by atoms with Gasteiger partial charge in [-0.05, 0) is 29.8 Å². The average Bonchev–Trinajstić information content (AvgIpc) is 2.38. The molecule has 0 amide bonds. The van der Waals surface area contributed by atoms with Gasteiger partial charge in [0, 0.05) is 17.8 Å². The Morgan fingerprint density at radius 1 is 1.24 bits per heavy atom. The first-order chi connectivity index (χ1) is 8.22. The number of benzene rings is 1. The third-order valence-corrected chi connectivity index (χ3v) is 2.31. The van der Waals surface area contributed by atoms with Crippen molar-refractivity contribution in [3.63, 3.8) is 0 Å². The number of rotatable bonds is 2. The first-order valence-electron chi connectivity index (χ1n) is 4.94. The molecule has 1 heterocycles. The first kappa shape index (κ1) is 11.1. The van der Waals surface area contributed by atoms with Crippen LogP contribution in [0.1, 0.15) is 5.56 Å². The van der Waals surface area contributed by atoms with E-state index in [1.54, 1.807) is 24.4 Å². The summed E-state index contributed by atoms with van der Waals surface area (Å²) in [4.78, 5) is 4.03. The molecule has 17 heavy (non-hydrogen) atoms. The zero-order valence-electron chi connectivity index (χ0n) is 9.14. The average molecular weight is 228 g/mol. The number of halogens is 1. The van der Waals surface area contributed by atoms with Gasteiger partial charge in [-0.15, -0.1) is 0 Å². The lowest BCUT2D eigenvalue weighted by molar-refractivity contribution is 0.398. The molecule has 0 fully saturated rings. The van der Waals surface area contributed by atoms with Gasteiger partial charge in [0.1, 0.15) is 5.82 Å². The zero-order chi connectivity index (χ0) is 12.3. The molecule has 0 saturated heterocycles. The minimum absolute atomic E-state index is 0.288.